The predicted molar refractivity (Wildman–Crippen MR) is 145 cm³/mol. The molecule has 2 aliphatic rings. The maximum absolute atomic E-state index is 2.46. The topological polar surface area (TPSA) is 6.48 Å². The first-order valence-electron chi connectivity index (χ1n) is 11.8. The molecule has 2 aliphatic heterocycles. The molecule has 2 heterocycles. The van der Waals surface area contributed by atoms with Crippen LogP contribution in [0.5, 0.6) is 0 Å². The summed E-state index contributed by atoms with van der Waals surface area (Å²) in [4.78, 5) is 4.89. The summed E-state index contributed by atoms with van der Waals surface area (Å²) in [6.07, 6.45) is 0. The molecule has 0 atom stereocenters. The zero-order chi connectivity index (χ0) is 22.6. The van der Waals surface area contributed by atoms with Gasteiger partial charge in [-0.3, -0.25) is 0 Å². The molecule has 0 saturated carbocycles. The summed E-state index contributed by atoms with van der Waals surface area (Å²) in [6, 6.07) is 43.9. The van der Waals surface area contributed by atoms with E-state index in [0.717, 1.165) is 0 Å². The molecule has 0 unspecified atom stereocenters. The van der Waals surface area contributed by atoms with Crippen molar-refractivity contribution in [2.24, 2.45) is 0 Å². The Kier molecular flexibility index (Phi) is 4.19. The van der Waals surface area contributed by atoms with Crippen molar-refractivity contribution >= 4 is 57.2 Å². The monoisotopic (exact) mass is 434 g/mol. The Morgan fingerprint density at radius 1 is 0.471 bits per heavy atom. The summed E-state index contributed by atoms with van der Waals surface area (Å²) in [7, 11) is 0. The van der Waals surface area contributed by atoms with Gasteiger partial charge in [-0.2, -0.15) is 0 Å². The van der Waals surface area contributed by atoms with Gasteiger partial charge in [-0.15, -0.1) is 0 Å². The van der Waals surface area contributed by atoms with Crippen LogP contribution in [-0.4, -0.2) is 6.71 Å². The highest BCUT2D eigenvalue weighted by Gasteiger charge is 2.43. The maximum atomic E-state index is 2.46. The Morgan fingerprint density at radius 2 is 0.971 bits per heavy atom. The minimum atomic E-state index is 0.192. The largest absolute Gasteiger partial charge is 0.311 e. The fourth-order valence-electron chi connectivity index (χ4n) is 5.78. The van der Waals surface area contributed by atoms with E-state index in [2.05, 4.69) is 138 Å². The summed E-state index contributed by atoms with van der Waals surface area (Å²) in [6.45, 7) is 2.43. The van der Waals surface area contributed by atoms with Crippen LogP contribution in [0.2, 0.25) is 0 Å². The molecule has 7 rings (SSSR count). The Hall–Kier alpha value is -4.24. The molecule has 5 aromatic rings. The van der Waals surface area contributed by atoms with Gasteiger partial charge in [0.15, 0.2) is 0 Å². The normalized spacial score (nSPS) is 13.3. The molecule has 3 heteroatoms. The number of rotatable bonds is 2. The number of para-hydroxylation sites is 4. The third-order valence-electron chi connectivity index (χ3n) is 7.16. The second-order valence-electron chi connectivity index (χ2n) is 9.06. The van der Waals surface area contributed by atoms with Crippen LogP contribution in [0.15, 0.2) is 121 Å². The molecule has 5 aromatic carbocycles. The van der Waals surface area contributed by atoms with Gasteiger partial charge in [-0.1, -0.05) is 78.9 Å². The molecule has 0 radical (unpaired) electrons. The summed E-state index contributed by atoms with van der Waals surface area (Å²) in [5.41, 5.74) is 12.8. The van der Waals surface area contributed by atoms with E-state index in [-0.39, 0.29) is 6.71 Å². The van der Waals surface area contributed by atoms with Gasteiger partial charge in [0.25, 0.3) is 6.71 Å². The summed E-state index contributed by atoms with van der Waals surface area (Å²) < 4.78 is 0. The van der Waals surface area contributed by atoms with E-state index in [0.29, 0.717) is 0 Å². The molecule has 0 amide bonds. The van der Waals surface area contributed by atoms with Crippen molar-refractivity contribution in [1.29, 1.82) is 0 Å². The quantitative estimate of drug-likeness (QED) is 0.305. The molecule has 34 heavy (non-hydrogen) atoms. The van der Waals surface area contributed by atoms with Crippen LogP contribution in [0.3, 0.4) is 0 Å². The van der Waals surface area contributed by atoms with Crippen molar-refractivity contribution < 1.29 is 0 Å². The van der Waals surface area contributed by atoms with E-state index in [1.54, 1.807) is 0 Å². The van der Waals surface area contributed by atoms with Crippen LogP contribution in [0.1, 0.15) is 5.56 Å². The highest BCUT2D eigenvalue weighted by Crippen LogP contribution is 2.44. The highest BCUT2D eigenvalue weighted by atomic mass is 15.2. The van der Waals surface area contributed by atoms with Crippen LogP contribution >= 0.6 is 0 Å². The summed E-state index contributed by atoms with van der Waals surface area (Å²) in [5.74, 6) is 0. The van der Waals surface area contributed by atoms with Gasteiger partial charge in [0, 0.05) is 34.1 Å². The third kappa shape index (κ3) is 2.64. The van der Waals surface area contributed by atoms with Crippen LogP contribution in [-0.2, 0) is 0 Å². The van der Waals surface area contributed by atoms with Crippen molar-refractivity contribution in [3.05, 3.63) is 127 Å². The van der Waals surface area contributed by atoms with Crippen molar-refractivity contribution in [2.45, 2.75) is 6.92 Å². The molecular formula is C31H23BN2. The molecule has 2 nitrogen and oxygen atoms in total. The average molecular weight is 434 g/mol. The van der Waals surface area contributed by atoms with Gasteiger partial charge in [-0.25, -0.2) is 0 Å². The fourth-order valence-corrected chi connectivity index (χ4v) is 5.78. The van der Waals surface area contributed by atoms with Crippen molar-refractivity contribution in [3.63, 3.8) is 0 Å². The number of benzene rings is 5. The van der Waals surface area contributed by atoms with Crippen molar-refractivity contribution in [1.82, 2.24) is 0 Å². The van der Waals surface area contributed by atoms with Crippen LogP contribution in [0, 0.1) is 6.92 Å². The number of nitrogens with zero attached hydrogens (tertiary/aromatic N) is 2. The lowest BCUT2D eigenvalue weighted by Crippen LogP contribution is -2.61. The maximum Gasteiger partial charge on any atom is 0.252 e. The molecule has 160 valence electrons. The average Bonchev–Trinajstić information content (AvgIpc) is 2.91. The van der Waals surface area contributed by atoms with E-state index in [1.165, 1.54) is 56.1 Å². The van der Waals surface area contributed by atoms with E-state index in [1.807, 2.05) is 0 Å². The molecule has 0 N–H and O–H groups in total. The number of fused-ring (bicyclic) bond motifs is 4. The van der Waals surface area contributed by atoms with Gasteiger partial charge >= 0.3 is 0 Å². The lowest BCUT2D eigenvalue weighted by Gasteiger charge is -2.44. The van der Waals surface area contributed by atoms with Gasteiger partial charge in [-0.05, 0) is 71.3 Å². The zero-order valence-electron chi connectivity index (χ0n) is 19.0. The summed E-state index contributed by atoms with van der Waals surface area (Å²) >= 11 is 0. The molecule has 0 spiro atoms. The Labute approximate surface area is 200 Å². The highest BCUT2D eigenvalue weighted by molar-refractivity contribution is 7.00. The Morgan fingerprint density at radius 3 is 1.59 bits per heavy atom. The second kappa shape index (κ2) is 7.39. The van der Waals surface area contributed by atoms with E-state index < -0.39 is 0 Å². The predicted octanol–water partition coefficient (Wildman–Crippen LogP) is 6.08. The van der Waals surface area contributed by atoms with Crippen molar-refractivity contribution in [2.75, 3.05) is 9.80 Å². The van der Waals surface area contributed by atoms with Gasteiger partial charge in [0.05, 0.1) is 0 Å². The molecule has 0 aliphatic carbocycles. The molecule has 0 bridgehead atoms. The lowest BCUT2D eigenvalue weighted by atomic mass is 9.33. The van der Waals surface area contributed by atoms with Gasteiger partial charge in [0.1, 0.15) is 0 Å². The van der Waals surface area contributed by atoms with E-state index >= 15 is 0 Å². The molecule has 0 fully saturated rings. The van der Waals surface area contributed by atoms with Gasteiger partial charge in [0.2, 0.25) is 0 Å². The number of anilines is 6. The smallest absolute Gasteiger partial charge is 0.252 e. The first-order chi connectivity index (χ1) is 16.8. The Balaban J connectivity index is 1.61. The van der Waals surface area contributed by atoms with E-state index in [4.69, 9.17) is 0 Å². The minimum Gasteiger partial charge on any atom is -0.311 e. The first kappa shape index (κ1) is 19.3. The van der Waals surface area contributed by atoms with Crippen LogP contribution < -0.4 is 26.2 Å². The zero-order valence-corrected chi connectivity index (χ0v) is 19.0. The third-order valence-corrected chi connectivity index (χ3v) is 7.16. The van der Waals surface area contributed by atoms with Crippen LogP contribution in [0.25, 0.3) is 0 Å². The lowest BCUT2D eigenvalue weighted by molar-refractivity contribution is 1.23. The fraction of sp³-hybridized carbons (Fsp3) is 0.0323. The standard InChI is InChI=1S/C31H23BN2/c1-22-20-21-29-30-31(22)34(24-14-6-3-7-15-24)28-19-11-9-17-26(28)32(30)25-16-8-10-18-27(25)33(29)23-12-4-2-5-13-23/h2-21H,1H3. The SMILES string of the molecule is Cc1ccc2c3c1N(c1ccccc1)c1ccccc1B3c1ccccc1N2c1ccccc1. The van der Waals surface area contributed by atoms with Crippen molar-refractivity contribution in [3.8, 4) is 0 Å². The summed E-state index contributed by atoms with van der Waals surface area (Å²) in [5, 5.41) is 0. The second-order valence-corrected chi connectivity index (χ2v) is 9.06. The minimum absolute atomic E-state index is 0.192. The molecular weight excluding hydrogens is 411 g/mol. The first-order valence-corrected chi connectivity index (χ1v) is 11.8. The molecule has 0 aromatic heterocycles. The number of aryl methyl sites for hydroxylation is 1. The van der Waals surface area contributed by atoms with Gasteiger partial charge < -0.3 is 9.80 Å². The number of hydrogen-bond donors (Lipinski definition) is 0. The molecule has 0 saturated heterocycles. The number of hydrogen-bond acceptors (Lipinski definition) is 2. The Bertz CT molecular complexity index is 1520. The van der Waals surface area contributed by atoms with Crippen LogP contribution in [0.4, 0.5) is 34.1 Å². The van der Waals surface area contributed by atoms with E-state index in [9.17, 15) is 0 Å².